The van der Waals surface area contributed by atoms with E-state index in [-0.39, 0.29) is 30.4 Å². The van der Waals surface area contributed by atoms with Crippen molar-refractivity contribution in [2.24, 2.45) is 0 Å². The van der Waals surface area contributed by atoms with Crippen LogP contribution in [-0.2, 0) is 45.3 Å². The molecule has 0 spiro atoms. The van der Waals surface area contributed by atoms with E-state index in [0.29, 0.717) is 30.9 Å². The Hall–Kier alpha value is -3.59. The van der Waals surface area contributed by atoms with Gasteiger partial charge in [-0.3, -0.25) is 0 Å². The summed E-state index contributed by atoms with van der Waals surface area (Å²) in [5.74, 6) is -0.0482. The van der Waals surface area contributed by atoms with E-state index in [0.717, 1.165) is 11.1 Å². The minimum Gasteiger partial charge on any atom is -0.491 e. The van der Waals surface area contributed by atoms with E-state index >= 15 is 0 Å². The number of alkyl halides is 3. The van der Waals surface area contributed by atoms with E-state index < -0.39 is 45.7 Å². The Labute approximate surface area is 238 Å². The summed E-state index contributed by atoms with van der Waals surface area (Å²) < 4.78 is 89.4. The molecular formula is C26H25ClF3N3O7S. The summed E-state index contributed by atoms with van der Waals surface area (Å²) in [6.07, 6.45) is -4.40. The van der Waals surface area contributed by atoms with Crippen LogP contribution in [0.5, 0.6) is 17.4 Å². The fraction of sp³-hybridized carbons (Fsp3) is 0.308. The van der Waals surface area contributed by atoms with Crippen LogP contribution >= 0.6 is 11.6 Å². The van der Waals surface area contributed by atoms with Crippen molar-refractivity contribution in [3.8, 4) is 17.4 Å². The molecule has 41 heavy (non-hydrogen) atoms. The van der Waals surface area contributed by atoms with Gasteiger partial charge in [0.2, 0.25) is 5.88 Å². The fourth-order valence-corrected chi connectivity index (χ4v) is 5.16. The number of hydrogen-bond acceptors (Lipinski definition) is 8. The molecule has 2 aromatic carbocycles. The van der Waals surface area contributed by atoms with Gasteiger partial charge >= 0.3 is 22.5 Å². The number of rotatable bonds is 11. The van der Waals surface area contributed by atoms with E-state index in [2.05, 4.69) is 9.71 Å². The Balaban J connectivity index is 1.43. The smallest absolute Gasteiger partial charge is 0.422 e. The molecule has 4 rings (SSSR count). The molecule has 1 heterocycles. The molecule has 0 aliphatic heterocycles. The van der Waals surface area contributed by atoms with E-state index in [1.807, 2.05) is 24.3 Å². The lowest BCUT2D eigenvalue weighted by molar-refractivity contribution is -0.137. The molecule has 1 aromatic heterocycles. The molecule has 10 nitrogen and oxygen atoms in total. The fourth-order valence-electron chi connectivity index (χ4n) is 4.01. The molecule has 3 aromatic rings. The minimum atomic E-state index is -4.66. The van der Waals surface area contributed by atoms with Crippen molar-refractivity contribution >= 4 is 27.9 Å². The number of carbonyl (C=O) groups is 1. The number of pyridine rings is 1. The summed E-state index contributed by atoms with van der Waals surface area (Å²) in [5, 5.41) is -0.415. The third-order valence-corrected chi connectivity index (χ3v) is 7.24. The molecule has 0 radical (unpaired) electrons. The van der Waals surface area contributed by atoms with Crippen molar-refractivity contribution in [3.05, 3.63) is 82.0 Å². The highest BCUT2D eigenvalue weighted by molar-refractivity contribution is 7.88. The van der Waals surface area contributed by atoms with Gasteiger partial charge in [-0.1, -0.05) is 35.9 Å². The van der Waals surface area contributed by atoms with Crippen molar-refractivity contribution in [1.29, 1.82) is 0 Å². The maximum atomic E-state index is 13.0. The van der Waals surface area contributed by atoms with Crippen LogP contribution in [0, 0.1) is 0 Å². The third-order valence-electron chi connectivity index (χ3n) is 5.89. The zero-order valence-corrected chi connectivity index (χ0v) is 23.1. The molecule has 2 N–H and O–H groups in total. The molecule has 0 atom stereocenters. The Morgan fingerprint density at radius 1 is 1.10 bits per heavy atom. The first-order valence-electron chi connectivity index (χ1n) is 12.1. The molecule has 0 saturated carbocycles. The number of amides is 1. The maximum Gasteiger partial charge on any atom is 0.422 e. The first kappa shape index (κ1) is 30.4. The van der Waals surface area contributed by atoms with Gasteiger partial charge in [-0.05, 0) is 42.2 Å². The monoisotopic (exact) mass is 615 g/mol. The second-order valence-corrected chi connectivity index (χ2v) is 10.7. The molecule has 1 aliphatic carbocycles. The zero-order chi connectivity index (χ0) is 29.6. The number of aromatic nitrogens is 1. The van der Waals surface area contributed by atoms with Gasteiger partial charge in [-0.15, -0.1) is 0 Å². The van der Waals surface area contributed by atoms with Gasteiger partial charge in [0.25, 0.3) is 0 Å². The first-order valence-corrected chi connectivity index (χ1v) is 14.0. The summed E-state index contributed by atoms with van der Waals surface area (Å²) in [6.45, 7) is -0.00442. The largest absolute Gasteiger partial charge is 0.491 e. The second kappa shape index (κ2) is 12.9. The molecule has 0 saturated heterocycles. The van der Waals surface area contributed by atoms with Crippen LogP contribution in [0.3, 0.4) is 0 Å². The standard InChI is InChI=1S/C26H25ClF3N3O7S/c1-37-8-9-38-21-7-6-18(23(13-21)40-24-22(27)12-19(14-31-24)26(28,29)30)15-39-25(34)33-41(35,36)32-20-10-16-4-2-3-5-17(16)11-20/h2-7,12-14,20,32H,8-11,15H2,1H3,(H,33,34). The Morgan fingerprint density at radius 2 is 1.80 bits per heavy atom. The molecule has 0 fully saturated rings. The van der Waals surface area contributed by atoms with E-state index in [4.69, 9.17) is 30.5 Å². The lowest BCUT2D eigenvalue weighted by atomic mass is 10.1. The lowest BCUT2D eigenvalue weighted by Gasteiger charge is -2.16. The van der Waals surface area contributed by atoms with Crippen molar-refractivity contribution in [3.63, 3.8) is 0 Å². The van der Waals surface area contributed by atoms with Crippen molar-refractivity contribution in [2.45, 2.75) is 31.7 Å². The summed E-state index contributed by atoms with van der Waals surface area (Å²) >= 11 is 5.98. The highest BCUT2D eigenvalue weighted by Gasteiger charge is 2.32. The van der Waals surface area contributed by atoms with Crippen molar-refractivity contribution in [2.75, 3.05) is 20.3 Å². The minimum absolute atomic E-state index is 0.00780. The summed E-state index contributed by atoms with van der Waals surface area (Å²) in [6, 6.07) is 12.2. The number of carbonyl (C=O) groups excluding carboxylic acids is 1. The van der Waals surface area contributed by atoms with Gasteiger partial charge in [0.1, 0.15) is 29.7 Å². The number of hydrogen-bond donors (Lipinski definition) is 2. The van der Waals surface area contributed by atoms with Crippen molar-refractivity contribution < 1.29 is 45.3 Å². The first-order chi connectivity index (χ1) is 19.4. The summed E-state index contributed by atoms with van der Waals surface area (Å²) in [7, 11) is -2.75. The molecular weight excluding hydrogens is 591 g/mol. The zero-order valence-electron chi connectivity index (χ0n) is 21.5. The van der Waals surface area contributed by atoms with Gasteiger partial charge in [-0.25, -0.2) is 14.5 Å². The molecule has 220 valence electrons. The topological polar surface area (TPSA) is 125 Å². The van der Waals surface area contributed by atoms with Gasteiger partial charge in [0.05, 0.1) is 12.2 Å². The van der Waals surface area contributed by atoms with Crippen LogP contribution < -0.4 is 18.9 Å². The van der Waals surface area contributed by atoms with Gasteiger partial charge in [0.15, 0.2) is 0 Å². The summed E-state index contributed by atoms with van der Waals surface area (Å²) in [4.78, 5) is 16.0. The molecule has 1 amide bonds. The average Bonchev–Trinajstić information content (AvgIpc) is 3.30. The molecule has 1 aliphatic rings. The van der Waals surface area contributed by atoms with Crippen LogP contribution in [0.25, 0.3) is 0 Å². The van der Waals surface area contributed by atoms with Crippen LogP contribution in [0.4, 0.5) is 18.0 Å². The number of nitrogens with zero attached hydrogens (tertiary/aromatic N) is 1. The van der Waals surface area contributed by atoms with Gasteiger partial charge in [0, 0.05) is 31.0 Å². The average molecular weight is 616 g/mol. The van der Waals surface area contributed by atoms with Crippen molar-refractivity contribution in [1.82, 2.24) is 14.4 Å². The van der Waals surface area contributed by atoms with Crippen LogP contribution in [0.15, 0.2) is 54.7 Å². The predicted molar refractivity (Wildman–Crippen MR) is 141 cm³/mol. The number of fused-ring (bicyclic) bond motifs is 1. The SMILES string of the molecule is COCCOc1ccc(COC(=O)NS(=O)(=O)NC2Cc3ccccc3C2)c(Oc2ncc(C(F)(F)F)cc2Cl)c1. The lowest BCUT2D eigenvalue weighted by Crippen LogP contribution is -2.45. The normalized spacial score (nSPS) is 13.5. The molecule has 0 bridgehead atoms. The van der Waals surface area contributed by atoms with Gasteiger partial charge in [-0.2, -0.15) is 26.3 Å². The number of ether oxygens (including phenoxy) is 4. The van der Waals surface area contributed by atoms with Gasteiger partial charge < -0.3 is 18.9 Å². The highest BCUT2D eigenvalue weighted by atomic mass is 35.5. The van der Waals surface area contributed by atoms with Crippen LogP contribution in [-0.4, -0.2) is 45.9 Å². The predicted octanol–water partition coefficient (Wildman–Crippen LogP) is 4.80. The van der Waals surface area contributed by atoms with E-state index in [1.54, 1.807) is 4.72 Å². The maximum absolute atomic E-state index is 13.0. The van der Waals surface area contributed by atoms with E-state index in [1.165, 1.54) is 25.3 Å². The number of benzene rings is 2. The highest BCUT2D eigenvalue weighted by Crippen LogP contribution is 2.36. The quantitative estimate of drug-likeness (QED) is 0.295. The molecule has 15 heteroatoms. The number of methoxy groups -OCH3 is 1. The third kappa shape index (κ3) is 8.45. The van der Waals surface area contributed by atoms with E-state index in [9.17, 15) is 26.4 Å². The Morgan fingerprint density at radius 3 is 2.44 bits per heavy atom. The Kier molecular flexibility index (Phi) is 9.58. The van der Waals surface area contributed by atoms with Crippen LogP contribution in [0.1, 0.15) is 22.3 Å². The summed E-state index contributed by atoms with van der Waals surface area (Å²) in [5.41, 5.74) is 1.19. The number of halogens is 4. The Bertz CT molecular complexity index is 1480. The second-order valence-electron chi connectivity index (χ2n) is 8.89. The van der Waals surface area contributed by atoms with Crippen LogP contribution in [0.2, 0.25) is 5.02 Å². The number of nitrogens with one attached hydrogen (secondary N) is 2. The molecule has 0 unspecified atom stereocenters.